The van der Waals surface area contributed by atoms with Crippen LogP contribution < -0.4 is 24.5 Å². The fourth-order valence-corrected chi connectivity index (χ4v) is 22.3. The maximum absolute atomic E-state index is 5.26. The first-order valence-electron chi connectivity index (χ1n) is 47.9. The fourth-order valence-electron chi connectivity index (χ4n) is 22.3. The molecule has 0 atom stereocenters. The van der Waals surface area contributed by atoms with Gasteiger partial charge in [-0.3, -0.25) is 15.0 Å². The first-order chi connectivity index (χ1) is 68.9. The Labute approximate surface area is 812 Å². The number of nitrogens with zero attached hydrogens (tertiary/aromatic N) is 8. The number of rotatable bonds is 12. The van der Waals surface area contributed by atoms with Crippen LogP contribution >= 0.6 is 0 Å². The van der Waals surface area contributed by atoms with Gasteiger partial charge in [-0.15, -0.1) is 0 Å². The summed E-state index contributed by atoms with van der Waals surface area (Å²) in [7, 11) is 0. The molecule has 0 saturated heterocycles. The molecule has 0 N–H and O–H groups in total. The highest BCUT2D eigenvalue weighted by atomic mass is 15.4. The number of hydrogen-bond donors (Lipinski definition) is 0. The normalized spacial score (nSPS) is 12.9. The summed E-state index contributed by atoms with van der Waals surface area (Å²) >= 11 is 0. The van der Waals surface area contributed by atoms with Crippen LogP contribution in [0.5, 0.6) is 0 Å². The van der Waals surface area contributed by atoms with E-state index >= 15 is 0 Å². The number of benzene rings is 22. The van der Waals surface area contributed by atoms with E-state index in [0.29, 0.717) is 0 Å². The Hall–Kier alpha value is -18.1. The molecule has 0 unspecified atom stereocenters. The van der Waals surface area contributed by atoms with Crippen molar-refractivity contribution in [3.05, 3.63) is 514 Å². The van der Waals surface area contributed by atoms with Gasteiger partial charge in [0, 0.05) is 132 Å². The van der Waals surface area contributed by atoms with Crippen molar-refractivity contribution in [1.29, 1.82) is 0 Å². The van der Waals surface area contributed by atoms with Crippen LogP contribution in [0, 0.1) is 0 Å². The lowest BCUT2D eigenvalue weighted by molar-refractivity contribution is 0.746. The van der Waals surface area contributed by atoms with Crippen molar-refractivity contribution >= 4 is 165 Å². The SMILES string of the molecule is C.c1ccc(-c2cc3c4c(cnc5c(-c6ccc7ccccc7c6)ccc(c54)CN3c3ccc4ccccc4c3)c2)cc1.c1ccc(-c2cc3c4c(cnc5c(-c6ccc7ccccc7c6)ccc(c54)CN3c3ccccc3)c2)cc1.c1ccc(N2Cc3ccc(-c4ccc5ccccc5c4)c4ncc5cc(-c6ccc(C7N(c8ccccc8)c8ccccc8N7c7ccccc7)cc6)cc2c5c34)cc1. The number of pyridine rings is 3. The molecule has 29 rings (SSSR count). The van der Waals surface area contributed by atoms with E-state index in [1.165, 1.54) is 221 Å². The molecule has 0 radical (unpaired) electrons. The van der Waals surface area contributed by atoms with Crippen molar-refractivity contribution in [2.24, 2.45) is 0 Å². The van der Waals surface area contributed by atoms with Crippen LogP contribution in [-0.2, 0) is 19.6 Å². The highest BCUT2D eigenvalue weighted by molar-refractivity contribution is 6.23. The third-order valence-electron chi connectivity index (χ3n) is 28.9. The maximum Gasteiger partial charge on any atom is 0.137 e. The van der Waals surface area contributed by atoms with Gasteiger partial charge in [0.25, 0.3) is 0 Å². The second kappa shape index (κ2) is 34.4. The average molecular weight is 1790 g/mol. The molecule has 4 aliphatic rings. The summed E-state index contributed by atoms with van der Waals surface area (Å²) in [6.07, 6.45) is 6.15. The van der Waals surface area contributed by atoms with Gasteiger partial charge >= 0.3 is 0 Å². The van der Waals surface area contributed by atoms with Crippen molar-refractivity contribution in [3.8, 4) is 66.8 Å². The lowest BCUT2D eigenvalue weighted by Crippen LogP contribution is -2.30. The van der Waals surface area contributed by atoms with Crippen molar-refractivity contribution < 1.29 is 0 Å². The van der Waals surface area contributed by atoms with Crippen LogP contribution in [0.4, 0.5) is 56.9 Å². The summed E-state index contributed by atoms with van der Waals surface area (Å²) in [5, 5.41) is 21.1. The van der Waals surface area contributed by atoms with E-state index < -0.39 is 0 Å². The summed E-state index contributed by atoms with van der Waals surface area (Å²) in [6, 6.07) is 171. The van der Waals surface area contributed by atoms with Crippen LogP contribution in [0.1, 0.15) is 35.8 Å². The van der Waals surface area contributed by atoms with Gasteiger partial charge < -0.3 is 24.5 Å². The molecule has 0 spiro atoms. The van der Waals surface area contributed by atoms with Gasteiger partial charge in [0.1, 0.15) is 6.17 Å². The zero-order valence-electron chi connectivity index (χ0n) is 76.0. The highest BCUT2D eigenvalue weighted by Crippen LogP contribution is 2.56. The van der Waals surface area contributed by atoms with Crippen LogP contribution in [0.25, 0.3) is 175 Å². The molecule has 3 aromatic heterocycles. The number of hydrogen-bond acceptors (Lipinski definition) is 8. The van der Waals surface area contributed by atoms with Gasteiger partial charge in [-0.1, -0.05) is 353 Å². The molecule has 140 heavy (non-hydrogen) atoms. The summed E-state index contributed by atoms with van der Waals surface area (Å²) in [5.74, 6) is 0. The Balaban J connectivity index is 0.000000111. The summed E-state index contributed by atoms with van der Waals surface area (Å²) in [4.78, 5) is 27.9. The Bertz CT molecular complexity index is 9130. The van der Waals surface area contributed by atoms with E-state index in [1.807, 2.05) is 0 Å². The van der Waals surface area contributed by atoms with Crippen LogP contribution in [0.2, 0.25) is 0 Å². The Morgan fingerprint density at radius 2 is 0.450 bits per heavy atom. The quantitative estimate of drug-likeness (QED) is 0.112. The summed E-state index contributed by atoms with van der Waals surface area (Å²) in [6.45, 7) is 2.37. The molecule has 0 amide bonds. The first-order valence-corrected chi connectivity index (χ1v) is 47.9. The van der Waals surface area contributed by atoms with Gasteiger partial charge in [-0.2, -0.15) is 0 Å². The molecule has 8 heteroatoms. The van der Waals surface area contributed by atoms with Crippen molar-refractivity contribution in [2.45, 2.75) is 33.2 Å². The average Bonchev–Trinajstić information content (AvgIpc) is 1.08. The second-order valence-corrected chi connectivity index (χ2v) is 36.9. The monoisotopic (exact) mass is 1790 g/mol. The minimum atomic E-state index is -0.0802. The Kier molecular flexibility index (Phi) is 20.3. The molecule has 0 fully saturated rings. The van der Waals surface area contributed by atoms with Gasteiger partial charge in [0.2, 0.25) is 0 Å². The summed E-state index contributed by atoms with van der Waals surface area (Å²) < 4.78 is 0. The standard InChI is InChI=1S/C55H38N4.C40H26N2.C36H24N2.CH4/c1-4-16-45(17-5-1)57-36-42-30-31-48(41-29-26-37-14-10-11-15-40(37)32-41)54-53(42)52-44(35-56-54)33-43(34-51(52)57)38-24-27-39(28-25-38)55-58(46-18-6-2-7-19-46)49-22-12-13-23-50(49)59(55)47-20-8-3-9-21-47;1-2-8-26(9-3-1)33-21-34-24-41-40-36(31-15-14-27-10-4-6-12-29(27)20-31)19-17-32-25-42(37(23-33)38(34)39(32)40)35-18-16-28-11-5-7-13-30(28)22-35;1-3-9-24(10-4-1)29-20-30-22-37-36-32(27-16-15-25-11-7-8-12-26(25)19-27)18-17-28-23-38(31-13-5-2-6-14-31)33(21-29)34(30)35(28)36;/h1-35,55H,36H2;1-24H,25H2;1-22H,23H2;1H4. The molecule has 0 aliphatic carbocycles. The van der Waals surface area contributed by atoms with Crippen LogP contribution in [-0.4, -0.2) is 15.0 Å². The molecule has 22 aromatic carbocycles. The largest absolute Gasteiger partial charge is 0.336 e. The minimum Gasteiger partial charge on any atom is -0.336 e. The van der Waals surface area contributed by atoms with E-state index in [9.17, 15) is 0 Å². The fraction of sp³-hybridized carbons (Fsp3) is 0.0379. The zero-order valence-corrected chi connectivity index (χ0v) is 76.0. The number of anilines is 10. The van der Waals surface area contributed by atoms with Crippen molar-refractivity contribution in [2.75, 3.05) is 24.5 Å². The van der Waals surface area contributed by atoms with Gasteiger partial charge in [0.05, 0.1) is 45.0 Å². The predicted molar refractivity (Wildman–Crippen MR) is 590 cm³/mol. The zero-order chi connectivity index (χ0) is 91.5. The number of aromatic nitrogens is 3. The van der Waals surface area contributed by atoms with Crippen LogP contribution in [0.3, 0.4) is 0 Å². The molecule has 0 saturated carbocycles. The van der Waals surface area contributed by atoms with Crippen molar-refractivity contribution in [1.82, 2.24) is 15.0 Å². The van der Waals surface area contributed by atoms with E-state index in [-0.39, 0.29) is 13.6 Å². The Morgan fingerprint density at radius 3 is 0.800 bits per heavy atom. The summed E-state index contributed by atoms with van der Waals surface area (Å²) in [5.41, 5.74) is 34.6. The molecule has 4 aliphatic heterocycles. The molecule has 8 nitrogen and oxygen atoms in total. The maximum atomic E-state index is 5.26. The first kappa shape index (κ1) is 82.6. The smallest absolute Gasteiger partial charge is 0.137 e. The predicted octanol–water partition coefficient (Wildman–Crippen LogP) is 35.4. The van der Waals surface area contributed by atoms with Crippen molar-refractivity contribution in [3.63, 3.8) is 0 Å². The van der Waals surface area contributed by atoms with Gasteiger partial charge in [-0.25, -0.2) is 0 Å². The lowest BCUT2D eigenvalue weighted by atomic mass is 9.89. The van der Waals surface area contributed by atoms with E-state index in [1.54, 1.807) is 0 Å². The van der Waals surface area contributed by atoms with Crippen LogP contribution in [0.15, 0.2) is 492 Å². The molecule has 660 valence electrons. The third kappa shape index (κ3) is 14.2. The third-order valence-corrected chi connectivity index (χ3v) is 28.9. The number of fused-ring (bicyclic) bond motifs is 5. The van der Waals surface area contributed by atoms with E-state index in [2.05, 4.69) is 516 Å². The van der Waals surface area contributed by atoms with Gasteiger partial charge in [0.15, 0.2) is 0 Å². The molecular formula is C132H92N8. The van der Waals surface area contributed by atoms with Gasteiger partial charge in [-0.05, 0) is 243 Å². The molecule has 7 heterocycles. The molecule has 25 aromatic rings. The topological polar surface area (TPSA) is 54.9 Å². The number of para-hydroxylation sites is 6. The Morgan fingerprint density at radius 1 is 0.179 bits per heavy atom. The van der Waals surface area contributed by atoms with E-state index in [0.717, 1.165) is 52.9 Å². The lowest BCUT2D eigenvalue weighted by Gasteiger charge is -2.34. The molecule has 0 bridgehead atoms. The molecular weight excluding hydrogens is 1700 g/mol. The van der Waals surface area contributed by atoms with E-state index in [4.69, 9.17) is 15.0 Å². The highest BCUT2D eigenvalue weighted by Gasteiger charge is 2.40. The minimum absolute atomic E-state index is 0. The second-order valence-electron chi connectivity index (χ2n) is 36.9.